The standard InChI is InChI=1S/C6H13NO/c1-5-4-6(8)2-3-7-5/h5-8H,2-4H2,1H3/p+1/t5-,6-/m1/s1. The molecule has 0 aromatic carbocycles. The van der Waals surface area contributed by atoms with Gasteiger partial charge in [0.1, 0.15) is 0 Å². The maximum Gasteiger partial charge on any atom is 0.0855 e. The van der Waals surface area contributed by atoms with Crippen molar-refractivity contribution in [3.63, 3.8) is 0 Å². The average molecular weight is 116 g/mol. The predicted octanol–water partition coefficient (Wildman–Crippen LogP) is -0.907. The smallest absolute Gasteiger partial charge is 0.0855 e. The minimum atomic E-state index is -0.0185. The van der Waals surface area contributed by atoms with Gasteiger partial charge in [-0.3, -0.25) is 0 Å². The van der Waals surface area contributed by atoms with Crippen LogP contribution >= 0.6 is 0 Å². The van der Waals surface area contributed by atoms with Gasteiger partial charge < -0.3 is 10.4 Å². The molecule has 0 aromatic rings. The summed E-state index contributed by atoms with van der Waals surface area (Å²) < 4.78 is 0. The van der Waals surface area contributed by atoms with Gasteiger partial charge in [-0.1, -0.05) is 0 Å². The zero-order valence-electron chi connectivity index (χ0n) is 5.30. The van der Waals surface area contributed by atoms with E-state index in [4.69, 9.17) is 5.11 Å². The molecule has 1 fully saturated rings. The molecule has 0 bridgehead atoms. The van der Waals surface area contributed by atoms with Crippen LogP contribution in [0.4, 0.5) is 0 Å². The Bertz CT molecular complexity index is 66.9. The molecule has 0 aliphatic carbocycles. The highest BCUT2D eigenvalue weighted by molar-refractivity contribution is 4.61. The monoisotopic (exact) mass is 116 g/mol. The molecule has 1 saturated heterocycles. The lowest BCUT2D eigenvalue weighted by atomic mass is 10.0. The first-order valence-electron chi connectivity index (χ1n) is 3.30. The van der Waals surface area contributed by atoms with Crippen molar-refractivity contribution in [3.8, 4) is 0 Å². The molecule has 0 aromatic heterocycles. The van der Waals surface area contributed by atoms with E-state index in [1.165, 1.54) is 0 Å². The fraction of sp³-hybridized carbons (Fsp3) is 1.00. The second-order valence-corrected chi connectivity index (χ2v) is 2.68. The lowest BCUT2D eigenvalue weighted by molar-refractivity contribution is -0.696. The summed E-state index contributed by atoms with van der Waals surface area (Å²) in [5.41, 5.74) is 0. The fourth-order valence-electron chi connectivity index (χ4n) is 1.22. The quantitative estimate of drug-likeness (QED) is 0.422. The molecule has 1 rings (SSSR count). The molecule has 1 heterocycles. The molecule has 2 heteroatoms. The van der Waals surface area contributed by atoms with Crippen molar-refractivity contribution in [2.24, 2.45) is 0 Å². The van der Waals surface area contributed by atoms with Crippen LogP contribution in [0.25, 0.3) is 0 Å². The van der Waals surface area contributed by atoms with Gasteiger partial charge in [0.2, 0.25) is 0 Å². The summed E-state index contributed by atoms with van der Waals surface area (Å²) >= 11 is 0. The van der Waals surface area contributed by atoms with Gasteiger partial charge in [-0.15, -0.1) is 0 Å². The molecule has 0 radical (unpaired) electrons. The minimum Gasteiger partial charge on any atom is -0.393 e. The molecule has 2 nitrogen and oxygen atoms in total. The molecule has 1 aliphatic rings. The maximum atomic E-state index is 9.06. The Kier molecular flexibility index (Phi) is 1.86. The third kappa shape index (κ3) is 1.46. The van der Waals surface area contributed by atoms with E-state index in [1.54, 1.807) is 0 Å². The van der Waals surface area contributed by atoms with Crippen molar-refractivity contribution in [1.29, 1.82) is 0 Å². The normalized spacial score (nSPS) is 39.8. The molecule has 8 heavy (non-hydrogen) atoms. The Balaban J connectivity index is 2.23. The molecular formula is C6H14NO+. The van der Waals surface area contributed by atoms with E-state index < -0.39 is 0 Å². The van der Waals surface area contributed by atoms with E-state index in [1.807, 2.05) is 0 Å². The van der Waals surface area contributed by atoms with Gasteiger partial charge in [0.25, 0.3) is 0 Å². The predicted molar refractivity (Wildman–Crippen MR) is 31.5 cm³/mol. The fourth-order valence-corrected chi connectivity index (χ4v) is 1.22. The summed E-state index contributed by atoms with van der Waals surface area (Å²) in [7, 11) is 0. The van der Waals surface area contributed by atoms with Crippen LogP contribution in [-0.4, -0.2) is 23.8 Å². The van der Waals surface area contributed by atoms with Crippen molar-refractivity contribution in [2.75, 3.05) is 6.54 Å². The van der Waals surface area contributed by atoms with Gasteiger partial charge >= 0.3 is 0 Å². The molecule has 2 atom stereocenters. The number of nitrogens with two attached hydrogens (primary N) is 1. The van der Waals surface area contributed by atoms with Crippen molar-refractivity contribution in [2.45, 2.75) is 31.9 Å². The van der Waals surface area contributed by atoms with Gasteiger partial charge in [0.05, 0.1) is 18.7 Å². The zero-order valence-corrected chi connectivity index (χ0v) is 5.30. The van der Waals surface area contributed by atoms with Gasteiger partial charge in [-0.25, -0.2) is 0 Å². The van der Waals surface area contributed by atoms with Gasteiger partial charge in [-0.2, -0.15) is 0 Å². The third-order valence-corrected chi connectivity index (χ3v) is 1.71. The van der Waals surface area contributed by atoms with Gasteiger partial charge in [0.15, 0.2) is 0 Å². The van der Waals surface area contributed by atoms with Gasteiger partial charge in [0, 0.05) is 12.8 Å². The molecule has 0 amide bonds. The van der Waals surface area contributed by atoms with Crippen molar-refractivity contribution in [3.05, 3.63) is 0 Å². The van der Waals surface area contributed by atoms with Crippen LogP contribution in [0.15, 0.2) is 0 Å². The van der Waals surface area contributed by atoms with Crippen molar-refractivity contribution >= 4 is 0 Å². The maximum absolute atomic E-state index is 9.06. The summed E-state index contributed by atoms with van der Waals surface area (Å²) in [4.78, 5) is 0. The Morgan fingerprint density at radius 2 is 2.38 bits per heavy atom. The zero-order chi connectivity index (χ0) is 5.98. The van der Waals surface area contributed by atoms with E-state index in [2.05, 4.69) is 12.2 Å². The van der Waals surface area contributed by atoms with Crippen LogP contribution in [0.1, 0.15) is 19.8 Å². The van der Waals surface area contributed by atoms with Crippen LogP contribution in [0.5, 0.6) is 0 Å². The SMILES string of the molecule is C[C@@H]1C[C@H](O)CC[NH2+]1. The molecular weight excluding hydrogens is 102 g/mol. The van der Waals surface area contributed by atoms with E-state index in [-0.39, 0.29) is 6.10 Å². The first-order valence-corrected chi connectivity index (χ1v) is 3.30. The van der Waals surface area contributed by atoms with E-state index in [0.717, 1.165) is 19.4 Å². The summed E-state index contributed by atoms with van der Waals surface area (Å²) in [6.07, 6.45) is 1.93. The van der Waals surface area contributed by atoms with Crippen LogP contribution in [0.3, 0.4) is 0 Å². The molecule has 0 spiro atoms. The first kappa shape index (κ1) is 6.05. The summed E-state index contributed by atoms with van der Waals surface area (Å²) in [5.74, 6) is 0. The van der Waals surface area contributed by atoms with E-state index in [0.29, 0.717) is 6.04 Å². The van der Waals surface area contributed by atoms with E-state index in [9.17, 15) is 0 Å². The number of piperidine rings is 1. The number of hydrogen-bond acceptors (Lipinski definition) is 1. The highest BCUT2D eigenvalue weighted by Gasteiger charge is 2.17. The highest BCUT2D eigenvalue weighted by Crippen LogP contribution is 2.00. The summed E-state index contributed by atoms with van der Waals surface area (Å²) in [6.45, 7) is 3.25. The van der Waals surface area contributed by atoms with Crippen LogP contribution in [0.2, 0.25) is 0 Å². The number of aliphatic hydroxyl groups is 1. The topological polar surface area (TPSA) is 36.8 Å². The minimum absolute atomic E-state index is 0.0185. The second kappa shape index (κ2) is 2.46. The largest absolute Gasteiger partial charge is 0.393 e. The summed E-state index contributed by atoms with van der Waals surface area (Å²) in [5, 5.41) is 11.3. The molecule has 0 unspecified atom stereocenters. The van der Waals surface area contributed by atoms with Crippen molar-refractivity contribution in [1.82, 2.24) is 0 Å². The molecule has 1 aliphatic heterocycles. The molecule has 3 N–H and O–H groups in total. The third-order valence-electron chi connectivity index (χ3n) is 1.71. The van der Waals surface area contributed by atoms with Crippen LogP contribution in [-0.2, 0) is 0 Å². The number of quaternary nitrogens is 1. The average Bonchev–Trinajstić information content (AvgIpc) is 1.64. The van der Waals surface area contributed by atoms with E-state index >= 15 is 0 Å². The van der Waals surface area contributed by atoms with Crippen LogP contribution in [0, 0.1) is 0 Å². The number of rotatable bonds is 0. The van der Waals surface area contributed by atoms with Crippen LogP contribution < -0.4 is 5.32 Å². The Labute approximate surface area is 49.9 Å². The Morgan fingerprint density at radius 1 is 1.62 bits per heavy atom. The lowest BCUT2D eigenvalue weighted by Crippen LogP contribution is -2.91. The first-order chi connectivity index (χ1) is 3.79. The number of hydrogen-bond donors (Lipinski definition) is 2. The lowest BCUT2D eigenvalue weighted by Gasteiger charge is -2.20. The highest BCUT2D eigenvalue weighted by atomic mass is 16.3. The van der Waals surface area contributed by atoms with Gasteiger partial charge in [-0.05, 0) is 6.92 Å². The number of aliphatic hydroxyl groups excluding tert-OH is 1. The molecule has 0 saturated carbocycles. The summed E-state index contributed by atoms with van der Waals surface area (Å²) in [6, 6.07) is 0.638. The Hall–Kier alpha value is -0.0800. The van der Waals surface area contributed by atoms with Crippen molar-refractivity contribution < 1.29 is 10.4 Å². The Morgan fingerprint density at radius 3 is 2.75 bits per heavy atom. The second-order valence-electron chi connectivity index (χ2n) is 2.68. The molecule has 48 valence electrons.